The van der Waals surface area contributed by atoms with Gasteiger partial charge in [-0.3, -0.25) is 37.3 Å². The maximum atomic E-state index is 13.1. The van der Waals surface area contributed by atoms with Gasteiger partial charge in [-0.2, -0.15) is 0 Å². The largest absolute Gasteiger partial charge is 0.472 e. The van der Waals surface area contributed by atoms with Crippen molar-refractivity contribution in [1.29, 1.82) is 0 Å². The summed E-state index contributed by atoms with van der Waals surface area (Å²) in [4.78, 5) is 72.8. The van der Waals surface area contributed by atoms with Crippen molar-refractivity contribution in [3.8, 4) is 0 Å². The predicted molar refractivity (Wildman–Crippen MR) is 426 cm³/mol. The lowest BCUT2D eigenvalue weighted by Crippen LogP contribution is -2.30. The molecule has 17 nitrogen and oxygen atoms in total. The summed E-state index contributed by atoms with van der Waals surface area (Å²) in [6, 6.07) is 0. The van der Waals surface area contributed by atoms with Crippen molar-refractivity contribution in [3.63, 3.8) is 0 Å². The number of phosphoric acid groups is 2. The molecular formula is C85H130O17P2. The molecule has 0 aliphatic heterocycles. The zero-order valence-electron chi connectivity index (χ0n) is 63.3. The number of rotatable bonds is 68. The van der Waals surface area contributed by atoms with E-state index >= 15 is 0 Å². The molecule has 0 radical (unpaired) electrons. The minimum absolute atomic E-state index is 0.0142. The number of carbonyl (C=O) groups is 4. The van der Waals surface area contributed by atoms with Crippen LogP contribution in [0.15, 0.2) is 219 Å². The van der Waals surface area contributed by atoms with E-state index in [1.807, 2.05) is 42.5 Å². The first kappa shape index (κ1) is 97.4. The number of aliphatic hydroxyl groups excluding tert-OH is 1. The van der Waals surface area contributed by atoms with Crippen molar-refractivity contribution in [2.45, 2.75) is 251 Å². The van der Waals surface area contributed by atoms with Crippen LogP contribution < -0.4 is 0 Å². The highest BCUT2D eigenvalue weighted by Crippen LogP contribution is 2.45. The Morgan fingerprint density at radius 1 is 0.279 bits per heavy atom. The highest BCUT2D eigenvalue weighted by atomic mass is 31.2. The fourth-order valence-electron chi connectivity index (χ4n) is 8.85. The van der Waals surface area contributed by atoms with Gasteiger partial charge in [0.1, 0.15) is 19.3 Å². The summed E-state index contributed by atoms with van der Waals surface area (Å²) in [6.45, 7) is 4.08. The quantitative estimate of drug-likeness (QED) is 0.0169. The summed E-state index contributed by atoms with van der Waals surface area (Å²) in [6.07, 6.45) is 94.1. The van der Waals surface area contributed by atoms with Gasteiger partial charge in [-0.15, -0.1) is 0 Å². The minimum atomic E-state index is -5.02. The predicted octanol–water partition coefficient (Wildman–Crippen LogP) is 22.1. The van der Waals surface area contributed by atoms with E-state index in [9.17, 15) is 43.2 Å². The monoisotopic (exact) mass is 1480 g/mol. The van der Waals surface area contributed by atoms with E-state index in [1.165, 1.54) is 0 Å². The zero-order chi connectivity index (χ0) is 76.0. The second-order valence-corrected chi connectivity index (χ2v) is 27.0. The third-order valence-electron chi connectivity index (χ3n) is 14.5. The van der Waals surface area contributed by atoms with Crippen molar-refractivity contribution in [2.24, 2.45) is 0 Å². The summed E-state index contributed by atoms with van der Waals surface area (Å²) in [5.74, 6) is -2.52. The molecule has 0 bridgehead atoms. The van der Waals surface area contributed by atoms with Crippen LogP contribution in [0.2, 0.25) is 0 Å². The Kier molecular flexibility index (Phi) is 69.9. The molecule has 0 saturated carbocycles. The molecule has 5 atom stereocenters. The smallest absolute Gasteiger partial charge is 0.462 e. The van der Waals surface area contributed by atoms with E-state index < -0.39 is 97.5 Å². The standard InChI is InChI=1S/C85H130O17P2/c1-5-9-13-17-21-25-29-33-37-38-39-40-44-46-50-54-58-62-66-70-83(88)96-76-81(102-85(90)72-68-64-60-56-52-48-43-36-32-28-24-20-16-12-8-4)78-100-104(93,94)98-74-79(86)73-97-103(91,92)99-77-80(101-84(89)71-67-63-59-55-51-47-42-35-31-27-23-19-15-11-7-3)75-95-82(87)69-65-61-57-53-49-45-41-34-30-26-22-18-14-10-6-2/h9-16,21-28,33-37,39-43,46,49-50,52-53,56,58,61-62,65,79-81,86H,5-8,17-20,29-32,38,44-45,47-48,51,54-55,57,59-60,63-64,66-78H2,1-4H3,(H,91,92)(H,93,94)/b13-9-,14-10-,15-11-,16-12-,25-21-,26-22-,27-23-,28-24-,37-33-,40-39-,41-34-,42-35-,43-36-,50-46-,53-49-,56-52-,62-58-,65-61-. The van der Waals surface area contributed by atoms with Gasteiger partial charge in [-0.05, 0) is 161 Å². The molecular weight excluding hydrogens is 1350 g/mol. The molecule has 0 amide bonds. The van der Waals surface area contributed by atoms with Gasteiger partial charge in [-0.25, -0.2) is 9.13 Å². The van der Waals surface area contributed by atoms with Gasteiger partial charge < -0.3 is 33.8 Å². The first-order valence-corrected chi connectivity index (χ1v) is 41.0. The summed E-state index contributed by atoms with van der Waals surface area (Å²) in [5, 5.41) is 10.6. The zero-order valence-corrected chi connectivity index (χ0v) is 65.1. The Balaban J connectivity index is 5.57. The number of aliphatic hydroxyl groups is 1. The van der Waals surface area contributed by atoms with Crippen LogP contribution >= 0.6 is 15.6 Å². The minimum Gasteiger partial charge on any atom is -0.462 e. The molecule has 0 aliphatic rings. The van der Waals surface area contributed by atoms with Gasteiger partial charge >= 0.3 is 39.5 Å². The number of phosphoric ester groups is 2. The summed E-state index contributed by atoms with van der Waals surface area (Å²) < 4.78 is 68.2. The fourth-order valence-corrected chi connectivity index (χ4v) is 10.4. The van der Waals surface area contributed by atoms with Crippen LogP contribution in [-0.2, 0) is 65.4 Å². The molecule has 0 aromatic carbocycles. The molecule has 0 rings (SSSR count). The van der Waals surface area contributed by atoms with Crippen LogP contribution in [0.25, 0.3) is 0 Å². The number of hydrogen-bond acceptors (Lipinski definition) is 15. The maximum absolute atomic E-state index is 13.1. The number of hydrogen-bond donors (Lipinski definition) is 3. The highest BCUT2D eigenvalue weighted by molar-refractivity contribution is 7.47. The van der Waals surface area contributed by atoms with E-state index in [0.29, 0.717) is 38.5 Å². The van der Waals surface area contributed by atoms with Crippen LogP contribution in [0.3, 0.4) is 0 Å². The van der Waals surface area contributed by atoms with Gasteiger partial charge in [0.15, 0.2) is 12.2 Å². The molecule has 19 heteroatoms. The third kappa shape index (κ3) is 73.7. The van der Waals surface area contributed by atoms with E-state index in [1.54, 1.807) is 6.08 Å². The average molecular weight is 1490 g/mol. The van der Waals surface area contributed by atoms with Gasteiger partial charge in [0.05, 0.1) is 32.8 Å². The van der Waals surface area contributed by atoms with Gasteiger partial charge in [0, 0.05) is 19.3 Å². The van der Waals surface area contributed by atoms with E-state index in [2.05, 4.69) is 198 Å². The average Bonchev–Trinajstić information content (AvgIpc) is 0.918. The summed E-state index contributed by atoms with van der Waals surface area (Å²) >= 11 is 0. The van der Waals surface area contributed by atoms with Gasteiger partial charge in [0.2, 0.25) is 0 Å². The summed E-state index contributed by atoms with van der Waals surface area (Å²) in [5.41, 5.74) is 0. The lowest BCUT2D eigenvalue weighted by atomic mass is 10.1. The third-order valence-corrected chi connectivity index (χ3v) is 16.4. The highest BCUT2D eigenvalue weighted by Gasteiger charge is 2.30. The second kappa shape index (κ2) is 74.6. The SMILES string of the molecule is CC/C=C\C/C=C\C/C=C\C/C=C\C/C=C\C/C=C\CCC(=O)OCC(COP(=O)(O)OCC(O)COP(=O)(O)OCC(COC(=O)C/C=C\C/C=C\C/C=C\C/C=C\C/C=C\CC)OC(=O)CCCCCCC/C=C\C/C=C\C/C=C\CC)OC(=O)CCCC/C=C\C/C=C\C/C=C\C/C=C\CC. The van der Waals surface area contributed by atoms with Gasteiger partial charge in [0.25, 0.3) is 0 Å². The number of unbranched alkanes of at least 4 members (excludes halogenated alkanes) is 7. The first-order chi connectivity index (χ1) is 50.7. The van der Waals surface area contributed by atoms with Crippen molar-refractivity contribution in [1.82, 2.24) is 0 Å². The topological polar surface area (TPSA) is 237 Å². The van der Waals surface area contributed by atoms with E-state index in [-0.39, 0.29) is 25.7 Å². The lowest BCUT2D eigenvalue weighted by Gasteiger charge is -2.21. The van der Waals surface area contributed by atoms with Gasteiger partial charge in [-0.1, -0.05) is 266 Å². The Morgan fingerprint density at radius 3 is 0.865 bits per heavy atom. The molecule has 0 aromatic heterocycles. The van der Waals surface area contributed by atoms with E-state index in [0.717, 1.165) is 141 Å². The van der Waals surface area contributed by atoms with Crippen molar-refractivity contribution in [2.75, 3.05) is 39.6 Å². The Bertz CT molecular complexity index is 2840. The van der Waals surface area contributed by atoms with Crippen molar-refractivity contribution in [3.05, 3.63) is 219 Å². The molecule has 104 heavy (non-hydrogen) atoms. The Morgan fingerprint density at radius 2 is 0.529 bits per heavy atom. The number of carbonyl (C=O) groups excluding carboxylic acids is 4. The Hall–Kier alpha value is -6.62. The molecule has 0 spiro atoms. The Labute approximate surface area is 626 Å². The second-order valence-electron chi connectivity index (χ2n) is 24.1. The van der Waals surface area contributed by atoms with Crippen LogP contribution in [0, 0.1) is 0 Å². The van der Waals surface area contributed by atoms with Crippen LogP contribution in [0.5, 0.6) is 0 Å². The van der Waals surface area contributed by atoms with Crippen LogP contribution in [0.1, 0.15) is 233 Å². The lowest BCUT2D eigenvalue weighted by molar-refractivity contribution is -0.161. The number of esters is 4. The number of allylic oxidation sites excluding steroid dienone is 35. The molecule has 582 valence electrons. The molecule has 0 heterocycles. The van der Waals surface area contributed by atoms with Crippen molar-refractivity contribution < 1.29 is 80.2 Å². The van der Waals surface area contributed by atoms with Crippen LogP contribution in [0.4, 0.5) is 0 Å². The molecule has 5 unspecified atom stereocenters. The number of ether oxygens (including phenoxy) is 4. The molecule has 3 N–H and O–H groups in total. The first-order valence-electron chi connectivity index (χ1n) is 38.0. The maximum Gasteiger partial charge on any atom is 0.472 e. The molecule has 0 fully saturated rings. The fraction of sp³-hybridized carbons (Fsp3) is 0.529. The van der Waals surface area contributed by atoms with Crippen molar-refractivity contribution >= 4 is 39.5 Å². The normalized spacial score (nSPS) is 15.1. The van der Waals surface area contributed by atoms with Crippen LogP contribution in [-0.4, -0.2) is 96.7 Å². The molecule has 0 saturated heterocycles. The molecule has 0 aliphatic carbocycles. The van der Waals surface area contributed by atoms with E-state index in [4.69, 9.17) is 37.0 Å². The summed E-state index contributed by atoms with van der Waals surface area (Å²) in [7, 11) is -10.0. The molecule has 0 aromatic rings.